The minimum absolute atomic E-state index is 0.136. The number of nitrogens with one attached hydrogen (secondary N) is 1. The Morgan fingerprint density at radius 3 is 2.31 bits per heavy atom. The molecule has 29 heavy (non-hydrogen) atoms. The zero-order valence-corrected chi connectivity index (χ0v) is 17.7. The Labute approximate surface area is 172 Å². The minimum atomic E-state index is -0.904. The van der Waals surface area contributed by atoms with Gasteiger partial charge in [0.15, 0.2) is 0 Å². The van der Waals surface area contributed by atoms with E-state index in [-0.39, 0.29) is 11.8 Å². The third kappa shape index (κ3) is 3.74. The minimum Gasteiger partial charge on any atom is -0.481 e. The number of hydrogen-bond donors (Lipinski definition) is 2. The number of hydrogen-bond acceptors (Lipinski definition) is 3. The van der Waals surface area contributed by atoms with Gasteiger partial charge in [-0.1, -0.05) is 26.0 Å². The van der Waals surface area contributed by atoms with Gasteiger partial charge in [-0.15, -0.1) is 0 Å². The van der Waals surface area contributed by atoms with Gasteiger partial charge in [-0.25, -0.2) is 0 Å². The van der Waals surface area contributed by atoms with Crippen LogP contribution in [0.1, 0.15) is 44.7 Å². The molecule has 5 nitrogen and oxygen atoms in total. The van der Waals surface area contributed by atoms with Crippen molar-refractivity contribution in [2.75, 3.05) is 5.32 Å². The van der Waals surface area contributed by atoms with E-state index in [1.54, 1.807) is 19.1 Å². The Morgan fingerprint density at radius 2 is 1.72 bits per heavy atom. The number of carbonyl (C=O) groups is 2. The van der Waals surface area contributed by atoms with Crippen LogP contribution in [0, 0.1) is 30.6 Å². The first-order valence-corrected chi connectivity index (χ1v) is 9.94. The third-order valence-electron chi connectivity index (χ3n) is 6.92. The highest BCUT2D eigenvalue weighted by molar-refractivity contribution is 5.94. The normalized spacial score (nSPS) is 22.9. The number of carbonyl (C=O) groups excluding carboxylic acids is 1. The molecule has 2 aromatic carbocycles. The topological polar surface area (TPSA) is 75.6 Å². The van der Waals surface area contributed by atoms with Gasteiger partial charge in [0.05, 0.1) is 5.41 Å². The maximum Gasteiger partial charge on any atom is 0.309 e. The van der Waals surface area contributed by atoms with Gasteiger partial charge in [-0.3, -0.25) is 9.59 Å². The standard InChI is InChI=1S/C24H29NO4/c1-15-7-6-8-20(16(15)2)29-18-11-9-17(10-12-18)25-21(26)19-13-14-24(5,22(27)28)23(19,3)4/h6-12,19H,13-14H2,1-5H3,(H,25,26)(H,27,28)/t19-,24+/m1/s1. The molecular weight excluding hydrogens is 366 g/mol. The molecule has 5 heteroatoms. The summed E-state index contributed by atoms with van der Waals surface area (Å²) in [7, 11) is 0. The highest BCUT2D eigenvalue weighted by Crippen LogP contribution is 2.56. The van der Waals surface area contributed by atoms with Crippen molar-refractivity contribution >= 4 is 17.6 Å². The van der Waals surface area contributed by atoms with Crippen LogP contribution in [0.4, 0.5) is 5.69 Å². The average Bonchev–Trinajstić information content (AvgIpc) is 2.91. The second kappa shape index (κ2) is 7.54. The SMILES string of the molecule is Cc1cccc(Oc2ccc(NC(=O)[C@H]3CC[C@@](C)(C(=O)O)C3(C)C)cc2)c1C. The molecule has 0 heterocycles. The number of aryl methyl sites for hydroxylation is 1. The molecule has 0 saturated heterocycles. The van der Waals surface area contributed by atoms with Crippen LogP contribution < -0.4 is 10.1 Å². The predicted molar refractivity (Wildman–Crippen MR) is 113 cm³/mol. The molecular formula is C24H29NO4. The lowest BCUT2D eigenvalue weighted by Gasteiger charge is -2.37. The number of carboxylic acid groups (broad SMARTS) is 1. The Morgan fingerprint density at radius 1 is 1.07 bits per heavy atom. The number of aliphatic carboxylic acids is 1. The first-order chi connectivity index (χ1) is 13.6. The molecule has 2 N–H and O–H groups in total. The lowest BCUT2D eigenvalue weighted by atomic mass is 9.65. The summed E-state index contributed by atoms with van der Waals surface area (Å²) in [6.45, 7) is 9.55. The van der Waals surface area contributed by atoms with E-state index in [0.717, 1.165) is 11.3 Å². The first-order valence-electron chi connectivity index (χ1n) is 9.94. The smallest absolute Gasteiger partial charge is 0.309 e. The van der Waals surface area contributed by atoms with E-state index in [1.165, 1.54) is 5.56 Å². The Kier molecular flexibility index (Phi) is 5.44. The highest BCUT2D eigenvalue weighted by atomic mass is 16.5. The number of amides is 1. The van der Waals surface area contributed by atoms with Crippen molar-refractivity contribution in [1.82, 2.24) is 0 Å². The Hall–Kier alpha value is -2.82. The van der Waals surface area contributed by atoms with E-state index in [4.69, 9.17) is 4.74 Å². The Bertz CT molecular complexity index is 932. The van der Waals surface area contributed by atoms with Crippen LogP contribution in [0.25, 0.3) is 0 Å². The molecule has 1 aliphatic carbocycles. The van der Waals surface area contributed by atoms with Gasteiger partial charge >= 0.3 is 5.97 Å². The molecule has 3 rings (SSSR count). The van der Waals surface area contributed by atoms with E-state index in [0.29, 0.717) is 24.3 Å². The van der Waals surface area contributed by atoms with E-state index >= 15 is 0 Å². The van der Waals surface area contributed by atoms with E-state index in [2.05, 4.69) is 5.32 Å². The van der Waals surface area contributed by atoms with Gasteiger partial charge in [0.1, 0.15) is 11.5 Å². The van der Waals surface area contributed by atoms with Gasteiger partial charge in [0.25, 0.3) is 0 Å². The molecule has 0 radical (unpaired) electrons. The van der Waals surface area contributed by atoms with Crippen LogP contribution in [0.3, 0.4) is 0 Å². The molecule has 0 unspecified atom stereocenters. The molecule has 0 aliphatic heterocycles. The molecule has 0 bridgehead atoms. The van der Waals surface area contributed by atoms with Gasteiger partial charge in [0, 0.05) is 11.6 Å². The van der Waals surface area contributed by atoms with Crippen LogP contribution >= 0.6 is 0 Å². The zero-order chi connectivity index (χ0) is 21.4. The number of ether oxygens (including phenoxy) is 1. The molecule has 0 aromatic heterocycles. The van der Waals surface area contributed by atoms with Gasteiger partial charge in [-0.05, 0) is 80.5 Å². The lowest BCUT2D eigenvalue weighted by Crippen LogP contribution is -2.43. The van der Waals surface area contributed by atoms with E-state index < -0.39 is 16.8 Å². The number of carboxylic acids is 1. The fourth-order valence-electron chi connectivity index (χ4n) is 4.14. The average molecular weight is 395 g/mol. The summed E-state index contributed by atoms with van der Waals surface area (Å²) in [6.07, 6.45) is 1.06. The van der Waals surface area contributed by atoms with Crippen LogP contribution in [0.2, 0.25) is 0 Å². The second-order valence-corrected chi connectivity index (χ2v) is 8.76. The molecule has 154 valence electrons. The summed E-state index contributed by atoms with van der Waals surface area (Å²) in [4.78, 5) is 24.6. The maximum absolute atomic E-state index is 12.9. The highest BCUT2D eigenvalue weighted by Gasteiger charge is 2.58. The number of rotatable bonds is 5. The summed E-state index contributed by atoms with van der Waals surface area (Å²) < 4.78 is 5.96. The molecule has 0 spiro atoms. The van der Waals surface area contributed by atoms with Crippen molar-refractivity contribution in [3.63, 3.8) is 0 Å². The quantitative estimate of drug-likeness (QED) is 0.695. The molecule has 1 fully saturated rings. The van der Waals surface area contributed by atoms with Gasteiger partial charge < -0.3 is 15.2 Å². The van der Waals surface area contributed by atoms with Crippen LogP contribution in [0.5, 0.6) is 11.5 Å². The van der Waals surface area contributed by atoms with Crippen LogP contribution in [-0.4, -0.2) is 17.0 Å². The maximum atomic E-state index is 12.9. The summed E-state index contributed by atoms with van der Waals surface area (Å²) in [5.74, 6) is 0.169. The summed E-state index contributed by atoms with van der Waals surface area (Å²) >= 11 is 0. The van der Waals surface area contributed by atoms with Crippen molar-refractivity contribution in [2.45, 2.75) is 47.5 Å². The molecule has 1 amide bonds. The van der Waals surface area contributed by atoms with Gasteiger partial charge in [0.2, 0.25) is 5.91 Å². The number of benzene rings is 2. The van der Waals surface area contributed by atoms with E-state index in [1.807, 2.05) is 58.0 Å². The lowest BCUT2D eigenvalue weighted by molar-refractivity contribution is -0.154. The summed E-state index contributed by atoms with van der Waals surface area (Å²) in [5.41, 5.74) is 1.39. The Balaban J connectivity index is 1.69. The second-order valence-electron chi connectivity index (χ2n) is 8.76. The molecule has 2 atom stereocenters. The predicted octanol–water partition coefficient (Wildman–Crippen LogP) is 5.56. The van der Waals surface area contributed by atoms with Crippen molar-refractivity contribution in [3.8, 4) is 11.5 Å². The molecule has 2 aromatic rings. The fourth-order valence-corrected chi connectivity index (χ4v) is 4.14. The van der Waals surface area contributed by atoms with Crippen LogP contribution in [-0.2, 0) is 9.59 Å². The third-order valence-corrected chi connectivity index (χ3v) is 6.92. The monoisotopic (exact) mass is 395 g/mol. The zero-order valence-electron chi connectivity index (χ0n) is 17.7. The van der Waals surface area contributed by atoms with Crippen molar-refractivity contribution < 1.29 is 19.4 Å². The summed E-state index contributed by atoms with van der Waals surface area (Å²) in [6, 6.07) is 13.2. The molecule has 1 aliphatic rings. The van der Waals surface area contributed by atoms with E-state index in [9.17, 15) is 14.7 Å². The van der Waals surface area contributed by atoms with Crippen LogP contribution in [0.15, 0.2) is 42.5 Å². The van der Waals surface area contributed by atoms with Crippen molar-refractivity contribution in [2.24, 2.45) is 16.7 Å². The van der Waals surface area contributed by atoms with Crippen molar-refractivity contribution in [1.29, 1.82) is 0 Å². The molecule has 1 saturated carbocycles. The summed E-state index contributed by atoms with van der Waals surface area (Å²) in [5, 5.41) is 12.6. The largest absolute Gasteiger partial charge is 0.481 e. The fraction of sp³-hybridized carbons (Fsp3) is 0.417. The first kappa shape index (κ1) is 20.9. The van der Waals surface area contributed by atoms with Crippen molar-refractivity contribution in [3.05, 3.63) is 53.6 Å². The number of anilines is 1. The van der Waals surface area contributed by atoms with Gasteiger partial charge in [-0.2, -0.15) is 0 Å².